The average Bonchev–Trinajstić information content (AvgIpc) is 2.78. The fourth-order valence-electron chi connectivity index (χ4n) is 2.59. The second kappa shape index (κ2) is 5.94. The Morgan fingerprint density at radius 2 is 2.10 bits per heavy atom. The molecule has 0 aliphatic heterocycles. The number of benzene rings is 1. The maximum absolute atomic E-state index is 10.9. The number of aromatic nitrogens is 2. The second-order valence-corrected chi connectivity index (χ2v) is 4.99. The van der Waals surface area contributed by atoms with Crippen molar-refractivity contribution in [2.24, 2.45) is 0 Å². The first-order chi connectivity index (χ1) is 9.58. The number of hydrogen-bond acceptors (Lipinski definition) is 3. The number of para-hydroxylation sites is 1. The summed E-state index contributed by atoms with van der Waals surface area (Å²) in [5.41, 5.74) is 8.33. The van der Waals surface area contributed by atoms with E-state index in [2.05, 4.69) is 18.8 Å². The molecule has 1 aromatic carbocycles. The highest BCUT2D eigenvalue weighted by atomic mass is 16.4. The summed E-state index contributed by atoms with van der Waals surface area (Å²) in [5, 5.41) is 8.92. The standard InChI is InChI=1S/C15H21N3O2/c1-3-10(4-2)15-17-14-11(16)6-5-7-12(14)18(15)9-8-13(19)20/h5-7,10H,3-4,8-9,16H2,1-2H3,(H,19,20). The van der Waals surface area contributed by atoms with E-state index in [1.807, 2.05) is 22.8 Å². The zero-order valence-corrected chi connectivity index (χ0v) is 12.0. The number of imidazole rings is 1. The number of aryl methyl sites for hydroxylation is 1. The van der Waals surface area contributed by atoms with Crippen LogP contribution in [0.1, 0.15) is 44.9 Å². The number of nitrogen functional groups attached to an aromatic ring is 1. The molecule has 5 nitrogen and oxygen atoms in total. The highest BCUT2D eigenvalue weighted by Gasteiger charge is 2.19. The van der Waals surface area contributed by atoms with Crippen molar-refractivity contribution < 1.29 is 9.90 Å². The van der Waals surface area contributed by atoms with Gasteiger partial charge in [-0.2, -0.15) is 0 Å². The zero-order chi connectivity index (χ0) is 14.7. The Balaban J connectivity index is 2.56. The number of carboxylic acid groups (broad SMARTS) is 1. The van der Waals surface area contributed by atoms with Gasteiger partial charge in [0.2, 0.25) is 0 Å². The van der Waals surface area contributed by atoms with Crippen molar-refractivity contribution in [3.05, 3.63) is 24.0 Å². The van der Waals surface area contributed by atoms with Gasteiger partial charge in [-0.05, 0) is 25.0 Å². The summed E-state index contributed by atoms with van der Waals surface area (Å²) >= 11 is 0. The summed E-state index contributed by atoms with van der Waals surface area (Å²) in [5.74, 6) is 0.478. The molecule has 0 unspecified atom stereocenters. The molecule has 0 spiro atoms. The van der Waals surface area contributed by atoms with E-state index in [0.29, 0.717) is 18.2 Å². The van der Waals surface area contributed by atoms with Gasteiger partial charge in [0, 0.05) is 12.5 Å². The van der Waals surface area contributed by atoms with Crippen molar-refractivity contribution in [3.8, 4) is 0 Å². The molecule has 1 heterocycles. The molecule has 0 bridgehead atoms. The lowest BCUT2D eigenvalue weighted by Gasteiger charge is -2.14. The molecular formula is C15H21N3O2. The van der Waals surface area contributed by atoms with Crippen LogP contribution in [0.3, 0.4) is 0 Å². The number of carbonyl (C=O) groups is 1. The molecule has 5 heteroatoms. The monoisotopic (exact) mass is 275 g/mol. The SMILES string of the molecule is CCC(CC)c1nc2c(N)cccc2n1CCC(=O)O. The quantitative estimate of drug-likeness (QED) is 0.794. The van der Waals surface area contributed by atoms with E-state index in [4.69, 9.17) is 10.8 Å². The number of nitrogens with zero attached hydrogens (tertiary/aromatic N) is 2. The smallest absolute Gasteiger partial charge is 0.305 e. The van der Waals surface area contributed by atoms with Gasteiger partial charge in [-0.3, -0.25) is 4.79 Å². The Bertz CT molecular complexity index is 615. The van der Waals surface area contributed by atoms with Crippen molar-refractivity contribution in [3.63, 3.8) is 0 Å². The predicted molar refractivity (Wildman–Crippen MR) is 79.7 cm³/mol. The number of hydrogen-bond donors (Lipinski definition) is 2. The van der Waals surface area contributed by atoms with Gasteiger partial charge in [0.15, 0.2) is 0 Å². The van der Waals surface area contributed by atoms with Crippen molar-refractivity contribution >= 4 is 22.7 Å². The van der Waals surface area contributed by atoms with E-state index >= 15 is 0 Å². The Kier molecular flexibility index (Phi) is 4.27. The topological polar surface area (TPSA) is 81.1 Å². The maximum atomic E-state index is 10.9. The van der Waals surface area contributed by atoms with Gasteiger partial charge < -0.3 is 15.4 Å². The Labute approximate surface area is 118 Å². The second-order valence-electron chi connectivity index (χ2n) is 4.99. The van der Waals surface area contributed by atoms with Crippen molar-refractivity contribution in [1.82, 2.24) is 9.55 Å². The van der Waals surface area contributed by atoms with Crippen LogP contribution in [-0.2, 0) is 11.3 Å². The molecule has 0 radical (unpaired) electrons. The van der Waals surface area contributed by atoms with Crippen LogP contribution >= 0.6 is 0 Å². The number of aliphatic carboxylic acids is 1. The third-order valence-corrected chi connectivity index (χ3v) is 3.74. The summed E-state index contributed by atoms with van der Waals surface area (Å²) in [7, 11) is 0. The first kappa shape index (κ1) is 14.4. The van der Waals surface area contributed by atoms with Gasteiger partial charge in [-0.15, -0.1) is 0 Å². The van der Waals surface area contributed by atoms with Crippen LogP contribution in [0.5, 0.6) is 0 Å². The maximum Gasteiger partial charge on any atom is 0.305 e. The number of fused-ring (bicyclic) bond motifs is 1. The summed E-state index contributed by atoms with van der Waals surface area (Å²) in [4.78, 5) is 15.5. The van der Waals surface area contributed by atoms with Crippen LogP contribution in [0.15, 0.2) is 18.2 Å². The summed E-state index contributed by atoms with van der Waals surface area (Å²) in [6, 6.07) is 5.66. The van der Waals surface area contributed by atoms with Gasteiger partial charge >= 0.3 is 5.97 Å². The van der Waals surface area contributed by atoms with Crippen molar-refractivity contribution in [2.45, 2.75) is 45.6 Å². The molecular weight excluding hydrogens is 254 g/mol. The fourth-order valence-corrected chi connectivity index (χ4v) is 2.59. The first-order valence-corrected chi connectivity index (χ1v) is 7.04. The van der Waals surface area contributed by atoms with Crippen LogP contribution in [0.25, 0.3) is 11.0 Å². The molecule has 2 aromatic rings. The highest BCUT2D eigenvalue weighted by Crippen LogP contribution is 2.29. The molecule has 0 aliphatic rings. The van der Waals surface area contributed by atoms with E-state index in [0.717, 1.165) is 29.7 Å². The van der Waals surface area contributed by atoms with E-state index in [9.17, 15) is 4.79 Å². The Morgan fingerprint density at radius 1 is 1.40 bits per heavy atom. The van der Waals surface area contributed by atoms with Crippen LogP contribution in [-0.4, -0.2) is 20.6 Å². The molecule has 0 fully saturated rings. The lowest BCUT2D eigenvalue weighted by Crippen LogP contribution is -2.11. The molecule has 20 heavy (non-hydrogen) atoms. The normalized spacial score (nSPS) is 11.3. The fraction of sp³-hybridized carbons (Fsp3) is 0.467. The zero-order valence-electron chi connectivity index (χ0n) is 12.0. The van der Waals surface area contributed by atoms with Gasteiger partial charge in [0.05, 0.1) is 17.6 Å². The molecule has 2 rings (SSSR count). The number of carboxylic acids is 1. The van der Waals surface area contributed by atoms with Crippen molar-refractivity contribution in [1.29, 1.82) is 0 Å². The summed E-state index contributed by atoms with van der Waals surface area (Å²) in [6.07, 6.45) is 2.05. The number of rotatable bonds is 6. The minimum Gasteiger partial charge on any atom is -0.481 e. The minimum absolute atomic E-state index is 0.0907. The van der Waals surface area contributed by atoms with Gasteiger partial charge in [0.25, 0.3) is 0 Å². The Morgan fingerprint density at radius 3 is 2.70 bits per heavy atom. The molecule has 0 saturated carbocycles. The van der Waals surface area contributed by atoms with Crippen LogP contribution in [0.2, 0.25) is 0 Å². The van der Waals surface area contributed by atoms with E-state index in [-0.39, 0.29) is 6.42 Å². The molecule has 3 N–H and O–H groups in total. The largest absolute Gasteiger partial charge is 0.481 e. The molecule has 0 aliphatic carbocycles. The van der Waals surface area contributed by atoms with Crippen molar-refractivity contribution in [2.75, 3.05) is 5.73 Å². The molecule has 1 aromatic heterocycles. The average molecular weight is 275 g/mol. The van der Waals surface area contributed by atoms with E-state index < -0.39 is 5.97 Å². The van der Waals surface area contributed by atoms with E-state index in [1.165, 1.54) is 0 Å². The predicted octanol–water partition coefficient (Wildman–Crippen LogP) is 3.00. The third-order valence-electron chi connectivity index (χ3n) is 3.74. The van der Waals surface area contributed by atoms with Crippen LogP contribution < -0.4 is 5.73 Å². The third kappa shape index (κ3) is 2.61. The molecule has 0 atom stereocenters. The number of nitrogens with two attached hydrogens (primary N) is 1. The van der Waals surface area contributed by atoms with Gasteiger partial charge in [-0.1, -0.05) is 19.9 Å². The van der Waals surface area contributed by atoms with Gasteiger partial charge in [-0.25, -0.2) is 4.98 Å². The minimum atomic E-state index is -0.800. The Hall–Kier alpha value is -2.04. The van der Waals surface area contributed by atoms with Crippen LogP contribution in [0.4, 0.5) is 5.69 Å². The lowest BCUT2D eigenvalue weighted by atomic mass is 10.0. The molecule has 0 saturated heterocycles. The number of anilines is 1. The molecule has 0 amide bonds. The van der Waals surface area contributed by atoms with E-state index in [1.54, 1.807) is 0 Å². The lowest BCUT2D eigenvalue weighted by molar-refractivity contribution is -0.137. The molecule has 108 valence electrons. The first-order valence-electron chi connectivity index (χ1n) is 7.04. The summed E-state index contributed by atoms with van der Waals surface area (Å²) in [6.45, 7) is 4.68. The van der Waals surface area contributed by atoms with Gasteiger partial charge in [0.1, 0.15) is 11.3 Å². The van der Waals surface area contributed by atoms with Crippen LogP contribution in [0, 0.1) is 0 Å². The summed E-state index contributed by atoms with van der Waals surface area (Å²) < 4.78 is 2.01. The highest BCUT2D eigenvalue weighted by molar-refractivity contribution is 5.87.